The molecule has 0 aromatic carbocycles. The fourth-order valence-electron chi connectivity index (χ4n) is 11.9. The number of nitrogens with zero attached hydrogens (tertiary/aromatic N) is 2. The van der Waals surface area contributed by atoms with Gasteiger partial charge < -0.3 is 67.1 Å². The Morgan fingerprint density at radius 2 is 1.44 bits per heavy atom. The molecular formula is C53H102N2O14Si2. The third-order valence-corrected chi connectivity index (χ3v) is 17.4. The highest BCUT2D eigenvalue weighted by atomic mass is 28.4. The summed E-state index contributed by atoms with van der Waals surface area (Å²) >= 11 is 0. The molecule has 3 saturated heterocycles. The Morgan fingerprint density at radius 1 is 0.831 bits per heavy atom. The van der Waals surface area contributed by atoms with Crippen LogP contribution in [-0.4, -0.2) is 172 Å². The van der Waals surface area contributed by atoms with Crippen molar-refractivity contribution in [3.05, 3.63) is 0 Å². The lowest BCUT2D eigenvalue weighted by molar-refractivity contribution is -0.315. The molecule has 0 amide bonds. The number of oxime groups is 1. The van der Waals surface area contributed by atoms with Gasteiger partial charge in [-0.1, -0.05) is 52.1 Å². The van der Waals surface area contributed by atoms with Crippen molar-refractivity contribution in [2.24, 2.45) is 28.8 Å². The summed E-state index contributed by atoms with van der Waals surface area (Å²) in [6.45, 7) is 35.4. The molecule has 1 saturated carbocycles. The van der Waals surface area contributed by atoms with Gasteiger partial charge in [0, 0.05) is 37.3 Å². The van der Waals surface area contributed by atoms with Gasteiger partial charge in [-0.2, -0.15) is 0 Å². The van der Waals surface area contributed by atoms with E-state index in [2.05, 4.69) is 44.2 Å². The summed E-state index contributed by atoms with van der Waals surface area (Å²) in [4.78, 5) is 23.3. The van der Waals surface area contributed by atoms with Crippen molar-refractivity contribution >= 4 is 28.3 Å². The van der Waals surface area contributed by atoms with Crippen LogP contribution in [0.3, 0.4) is 0 Å². The Balaban J connectivity index is 1.93. The monoisotopic (exact) mass is 1050 g/mol. The lowest BCUT2D eigenvalue weighted by atomic mass is 9.73. The molecule has 16 nitrogen and oxygen atoms in total. The van der Waals surface area contributed by atoms with Crippen LogP contribution in [0.1, 0.15) is 141 Å². The number of hydrogen-bond donors (Lipinski definition) is 3. The van der Waals surface area contributed by atoms with Crippen molar-refractivity contribution in [2.75, 3.05) is 27.8 Å². The topological polar surface area (TPSA) is 186 Å². The van der Waals surface area contributed by atoms with Gasteiger partial charge in [0.25, 0.3) is 0 Å². The minimum absolute atomic E-state index is 0.0231. The Bertz CT molecular complexity index is 1700. The summed E-state index contributed by atoms with van der Waals surface area (Å²) < 4.78 is 60.5. The maximum Gasteiger partial charge on any atom is 0.311 e. The Kier molecular flexibility index (Phi) is 21.9. The van der Waals surface area contributed by atoms with Crippen LogP contribution in [0, 0.1) is 23.7 Å². The number of carbonyl (C=O) groups is 1. The van der Waals surface area contributed by atoms with E-state index in [-0.39, 0.29) is 44.1 Å². The molecule has 416 valence electrons. The van der Waals surface area contributed by atoms with Crippen molar-refractivity contribution < 1.29 is 67.0 Å². The molecule has 3 aliphatic heterocycles. The van der Waals surface area contributed by atoms with Crippen LogP contribution in [0.25, 0.3) is 0 Å². The summed E-state index contributed by atoms with van der Waals surface area (Å²) in [6.07, 6.45) is -2.08. The minimum atomic E-state index is -2.23. The maximum absolute atomic E-state index is 14.8. The normalized spacial score (nSPS) is 42.3. The number of aliphatic hydroxyl groups is 3. The average Bonchev–Trinajstić information content (AvgIpc) is 3.24. The largest absolute Gasteiger partial charge is 0.459 e. The van der Waals surface area contributed by atoms with Crippen LogP contribution in [-0.2, 0) is 51.6 Å². The number of aliphatic hydroxyl groups excluding tert-OH is 1. The zero-order valence-electron chi connectivity index (χ0n) is 48.0. The van der Waals surface area contributed by atoms with Crippen LogP contribution in [0.15, 0.2) is 5.16 Å². The summed E-state index contributed by atoms with van der Waals surface area (Å²) in [5.41, 5.74) is -4.56. The second-order valence-corrected chi connectivity index (χ2v) is 34.1. The number of ether oxygens (including phenoxy) is 7. The Labute approximate surface area is 431 Å². The minimum Gasteiger partial charge on any atom is -0.459 e. The molecule has 0 aromatic rings. The molecule has 3 N–H and O–H groups in total. The second kappa shape index (κ2) is 24.9. The molecule has 0 bridgehead atoms. The van der Waals surface area contributed by atoms with E-state index in [4.69, 9.17) is 52.0 Å². The van der Waals surface area contributed by atoms with Gasteiger partial charge in [-0.25, -0.2) is 0 Å². The van der Waals surface area contributed by atoms with E-state index in [1.807, 2.05) is 62.6 Å². The van der Waals surface area contributed by atoms with Gasteiger partial charge in [-0.05, 0) is 141 Å². The summed E-state index contributed by atoms with van der Waals surface area (Å²) in [5, 5.41) is 42.9. The predicted octanol–water partition coefficient (Wildman–Crippen LogP) is 8.44. The molecule has 0 spiro atoms. The molecule has 18 atom stereocenters. The van der Waals surface area contributed by atoms with E-state index in [1.54, 1.807) is 34.8 Å². The van der Waals surface area contributed by atoms with E-state index in [1.165, 1.54) is 6.92 Å². The van der Waals surface area contributed by atoms with Crippen LogP contribution < -0.4 is 0 Å². The van der Waals surface area contributed by atoms with Gasteiger partial charge in [-0.15, -0.1) is 0 Å². The number of cyclic esters (lactones) is 1. The average molecular weight is 1050 g/mol. The third-order valence-electron chi connectivity index (χ3n) is 15.5. The zero-order valence-corrected chi connectivity index (χ0v) is 50.0. The Morgan fingerprint density at radius 3 is 1.97 bits per heavy atom. The van der Waals surface area contributed by atoms with Crippen molar-refractivity contribution in [3.63, 3.8) is 0 Å². The van der Waals surface area contributed by atoms with Crippen molar-refractivity contribution in [3.8, 4) is 0 Å². The highest BCUT2D eigenvalue weighted by Gasteiger charge is 2.55. The molecule has 4 rings (SSSR count). The smallest absolute Gasteiger partial charge is 0.311 e. The van der Waals surface area contributed by atoms with Gasteiger partial charge in [0.15, 0.2) is 29.2 Å². The maximum atomic E-state index is 14.8. The third kappa shape index (κ3) is 16.2. The van der Waals surface area contributed by atoms with Crippen molar-refractivity contribution in [2.45, 2.75) is 276 Å². The number of carbonyl (C=O) groups excluding carboxylic acids is 1. The van der Waals surface area contributed by atoms with Crippen LogP contribution in [0.2, 0.25) is 39.3 Å². The van der Waals surface area contributed by atoms with E-state index in [0.717, 1.165) is 32.1 Å². The molecule has 18 heteroatoms. The first-order valence-electron chi connectivity index (χ1n) is 27.0. The molecule has 1 aliphatic carbocycles. The molecule has 71 heavy (non-hydrogen) atoms. The van der Waals surface area contributed by atoms with E-state index < -0.39 is 124 Å². The number of esters is 1. The lowest BCUT2D eigenvalue weighted by Crippen LogP contribution is -2.62. The first-order chi connectivity index (χ1) is 32.6. The van der Waals surface area contributed by atoms with Gasteiger partial charge >= 0.3 is 5.97 Å². The van der Waals surface area contributed by atoms with Gasteiger partial charge in [0.05, 0.1) is 65.6 Å². The molecule has 4 aliphatic rings. The quantitative estimate of drug-likeness (QED) is 0.0759. The molecule has 4 fully saturated rings. The van der Waals surface area contributed by atoms with Crippen molar-refractivity contribution in [1.82, 2.24) is 4.90 Å². The fraction of sp³-hybridized carbons (Fsp3) is 0.962. The molecule has 0 radical (unpaired) electrons. The second-order valence-electron chi connectivity index (χ2n) is 25.2. The predicted molar refractivity (Wildman–Crippen MR) is 281 cm³/mol. The Hall–Kier alpha value is -1.11. The van der Waals surface area contributed by atoms with Crippen LogP contribution in [0.5, 0.6) is 0 Å². The number of likely N-dealkylation sites (N-methyl/N-ethyl adjacent to an activating group) is 1. The van der Waals surface area contributed by atoms with Crippen LogP contribution in [0.4, 0.5) is 0 Å². The molecule has 0 unspecified atom stereocenters. The van der Waals surface area contributed by atoms with E-state index >= 15 is 0 Å². The van der Waals surface area contributed by atoms with Gasteiger partial charge in [0.2, 0.25) is 0 Å². The number of rotatable bonds is 16. The highest BCUT2D eigenvalue weighted by molar-refractivity contribution is 6.70. The van der Waals surface area contributed by atoms with E-state index in [9.17, 15) is 20.1 Å². The van der Waals surface area contributed by atoms with Crippen LogP contribution >= 0.6 is 0 Å². The fourth-order valence-corrected chi connectivity index (χ4v) is 14.2. The van der Waals surface area contributed by atoms with E-state index in [0.29, 0.717) is 12.1 Å². The zero-order chi connectivity index (χ0) is 53.8. The standard InChI is InChI=1S/C53H102N2O14Si2/c1-22-40-52(12,59)45(56)35(6)42(54-61-31-53(67-32(2)3)26-24-23-25-27-53)33(4)29-50(10,58)46(66-49-44(68-70(16,17)18)39(55(13)14)28-34(5)62-49)36(7)43(37(8)48(57)64-40)65-41-30-51(11,60-15)47(38(9)63-41)69-71(19,20)21/h32-41,43-47,49,56,58-59H,22-31H2,1-21H3/b54-42-/t33-,34-,35-,36+,37-,38+,39+,40+,41+,43-,44-,45-,46-,47+,49+,50+,51-,52-/m1/s1. The first-order valence-corrected chi connectivity index (χ1v) is 33.8. The SMILES string of the molecule is CC[C@@H]1OC(=O)[C@H](C)[C@H](O[C@H]2C[C@@](C)(OC)[C@@H](O[Si](C)(C)C)[C@H](C)O2)[C@H](C)[C@@H](O[C@@H]2O[C@H](C)C[C@H](N(C)C)[C@H]2O[Si](C)(C)C)[C@@](C)(O)C[C@@H](C)/C(=N/OCC2(OC(C)C)CCCCC2)[C@@H](C)[C@@H](O)[C@]1(C)O. The highest BCUT2D eigenvalue weighted by Crippen LogP contribution is 2.43. The summed E-state index contributed by atoms with van der Waals surface area (Å²) in [5.74, 6) is -3.79. The number of methoxy groups -OCH3 is 1. The molecule has 0 aromatic heterocycles. The van der Waals surface area contributed by atoms with Gasteiger partial charge in [0.1, 0.15) is 30.0 Å². The first kappa shape index (κ1) is 62.4. The lowest BCUT2D eigenvalue weighted by Gasteiger charge is -2.51. The summed E-state index contributed by atoms with van der Waals surface area (Å²) in [6, 6.07) is -0.0755. The molecular weight excluding hydrogens is 945 g/mol. The number of hydrogen-bond acceptors (Lipinski definition) is 16. The summed E-state index contributed by atoms with van der Waals surface area (Å²) in [7, 11) is 1.43. The molecule has 3 heterocycles. The van der Waals surface area contributed by atoms with Crippen molar-refractivity contribution in [1.29, 1.82) is 0 Å². The van der Waals surface area contributed by atoms with Gasteiger partial charge in [-0.3, -0.25) is 4.79 Å².